The van der Waals surface area contributed by atoms with E-state index >= 15 is 0 Å². The summed E-state index contributed by atoms with van der Waals surface area (Å²) in [7, 11) is 0. The van der Waals surface area contributed by atoms with Gasteiger partial charge in [0.25, 0.3) is 0 Å². The van der Waals surface area contributed by atoms with Crippen LogP contribution in [0.4, 0.5) is 8.78 Å². The number of aliphatic hydroxyl groups excluding tert-OH is 1. The minimum Gasteiger partial charge on any atom is -0.396 e. The summed E-state index contributed by atoms with van der Waals surface area (Å²) in [4.78, 5) is 2.34. The van der Waals surface area contributed by atoms with Gasteiger partial charge in [0.1, 0.15) is 11.6 Å². The van der Waals surface area contributed by atoms with Crippen LogP contribution in [0.15, 0.2) is 18.2 Å². The lowest BCUT2D eigenvalue weighted by Gasteiger charge is -2.42. The van der Waals surface area contributed by atoms with Gasteiger partial charge in [-0.2, -0.15) is 5.10 Å². The summed E-state index contributed by atoms with van der Waals surface area (Å²) in [6.45, 7) is 10.8. The molecule has 2 aromatic rings. The molecular weight excluding hydrogens is 360 g/mol. The van der Waals surface area contributed by atoms with Gasteiger partial charge in [-0.3, -0.25) is 9.58 Å². The molecule has 0 bridgehead atoms. The number of hydrogen-bond donors (Lipinski definition) is 1. The number of rotatable bonds is 6. The van der Waals surface area contributed by atoms with Crippen molar-refractivity contribution in [3.05, 3.63) is 52.3 Å². The first kappa shape index (κ1) is 20.9. The monoisotopic (exact) mass is 391 g/mol. The molecule has 1 unspecified atom stereocenters. The van der Waals surface area contributed by atoms with Crippen LogP contribution in [0.3, 0.4) is 0 Å². The molecule has 0 saturated carbocycles. The molecule has 154 valence electrons. The lowest BCUT2D eigenvalue weighted by molar-refractivity contribution is 0.0281. The third kappa shape index (κ3) is 4.28. The van der Waals surface area contributed by atoms with Crippen molar-refractivity contribution in [2.24, 2.45) is 5.41 Å². The Bertz CT molecular complexity index is 833. The highest BCUT2D eigenvalue weighted by Gasteiger charge is 2.36. The lowest BCUT2D eigenvalue weighted by Crippen LogP contribution is -2.46. The van der Waals surface area contributed by atoms with Gasteiger partial charge in [0.2, 0.25) is 0 Å². The molecule has 28 heavy (non-hydrogen) atoms. The van der Waals surface area contributed by atoms with Crippen LogP contribution in [0.2, 0.25) is 0 Å². The van der Waals surface area contributed by atoms with Crippen molar-refractivity contribution in [2.45, 2.75) is 59.5 Å². The molecule has 6 heteroatoms. The summed E-state index contributed by atoms with van der Waals surface area (Å²) < 4.78 is 29.5. The van der Waals surface area contributed by atoms with E-state index in [1.807, 2.05) is 6.92 Å². The average molecular weight is 392 g/mol. The standard InChI is InChI=1S/C22H31F2N3O/c1-15(2)27-17(4)20(16(3)25-27)12-26-9-5-8-22(13-26,14-28)11-18-6-7-19(23)10-21(18)24/h6-7,10,15,28H,5,8-9,11-14H2,1-4H3. The number of aryl methyl sites for hydroxylation is 1. The second-order valence-electron chi connectivity index (χ2n) is 8.57. The summed E-state index contributed by atoms with van der Waals surface area (Å²) in [5.74, 6) is -1.10. The molecule has 1 aromatic carbocycles. The highest BCUT2D eigenvalue weighted by Crippen LogP contribution is 2.35. The van der Waals surface area contributed by atoms with Crippen LogP contribution in [-0.2, 0) is 13.0 Å². The van der Waals surface area contributed by atoms with Gasteiger partial charge in [-0.15, -0.1) is 0 Å². The average Bonchev–Trinajstić information content (AvgIpc) is 2.93. The first-order valence-electron chi connectivity index (χ1n) is 10.1. The fourth-order valence-corrected chi connectivity index (χ4v) is 4.50. The zero-order chi connectivity index (χ0) is 20.5. The van der Waals surface area contributed by atoms with E-state index in [4.69, 9.17) is 0 Å². The Labute approximate surface area is 166 Å². The molecule has 0 aliphatic carbocycles. The largest absolute Gasteiger partial charge is 0.396 e. The van der Waals surface area contributed by atoms with Crippen molar-refractivity contribution in [3.63, 3.8) is 0 Å². The van der Waals surface area contributed by atoms with Gasteiger partial charge in [-0.25, -0.2) is 8.78 Å². The quantitative estimate of drug-likeness (QED) is 0.803. The zero-order valence-electron chi connectivity index (χ0n) is 17.3. The van der Waals surface area contributed by atoms with Gasteiger partial charge in [-0.05, 0) is 65.1 Å². The summed E-state index contributed by atoms with van der Waals surface area (Å²) in [6, 6.07) is 4.03. The van der Waals surface area contributed by atoms with Gasteiger partial charge in [0.05, 0.1) is 12.3 Å². The van der Waals surface area contributed by atoms with Gasteiger partial charge in [0.15, 0.2) is 0 Å². The SMILES string of the molecule is Cc1nn(C(C)C)c(C)c1CN1CCCC(CO)(Cc2ccc(F)cc2F)C1. The highest BCUT2D eigenvalue weighted by molar-refractivity contribution is 5.25. The topological polar surface area (TPSA) is 41.3 Å². The van der Waals surface area contributed by atoms with Crippen molar-refractivity contribution < 1.29 is 13.9 Å². The van der Waals surface area contributed by atoms with E-state index in [0.29, 0.717) is 24.6 Å². The summed E-state index contributed by atoms with van der Waals surface area (Å²) in [5, 5.41) is 14.9. The molecule has 1 N–H and O–H groups in total. The normalized spacial score (nSPS) is 20.9. The van der Waals surface area contributed by atoms with Crippen LogP contribution >= 0.6 is 0 Å². The zero-order valence-corrected chi connectivity index (χ0v) is 17.3. The predicted molar refractivity (Wildman–Crippen MR) is 106 cm³/mol. The van der Waals surface area contributed by atoms with Gasteiger partial charge >= 0.3 is 0 Å². The Hall–Kier alpha value is -1.79. The number of benzene rings is 1. The van der Waals surface area contributed by atoms with E-state index in [-0.39, 0.29) is 6.61 Å². The second kappa shape index (κ2) is 8.29. The Balaban J connectivity index is 1.78. The lowest BCUT2D eigenvalue weighted by atomic mass is 9.75. The molecule has 1 atom stereocenters. The maximum absolute atomic E-state index is 14.2. The number of nitrogens with zero attached hydrogens (tertiary/aromatic N) is 3. The number of aromatic nitrogens is 2. The number of halogens is 2. The van der Waals surface area contributed by atoms with Gasteiger partial charge < -0.3 is 5.11 Å². The molecule has 0 radical (unpaired) electrons. The summed E-state index contributed by atoms with van der Waals surface area (Å²) >= 11 is 0. The molecule has 1 aromatic heterocycles. The van der Waals surface area contributed by atoms with E-state index in [1.165, 1.54) is 23.4 Å². The number of aliphatic hydroxyl groups is 1. The van der Waals surface area contributed by atoms with Crippen LogP contribution in [0, 0.1) is 30.9 Å². The fraction of sp³-hybridized carbons (Fsp3) is 0.591. The summed E-state index contributed by atoms with van der Waals surface area (Å²) in [5.41, 5.74) is 3.51. The molecule has 4 nitrogen and oxygen atoms in total. The fourth-order valence-electron chi connectivity index (χ4n) is 4.50. The van der Waals surface area contributed by atoms with E-state index in [2.05, 4.69) is 35.5 Å². The van der Waals surface area contributed by atoms with Gasteiger partial charge in [-0.1, -0.05) is 6.07 Å². The van der Waals surface area contributed by atoms with E-state index in [1.54, 1.807) is 0 Å². The molecule has 3 rings (SSSR count). The van der Waals surface area contributed by atoms with Crippen molar-refractivity contribution in [3.8, 4) is 0 Å². The third-order valence-electron chi connectivity index (χ3n) is 6.00. The second-order valence-corrected chi connectivity index (χ2v) is 8.57. The Morgan fingerprint density at radius 2 is 2.00 bits per heavy atom. The maximum Gasteiger partial charge on any atom is 0.129 e. The summed E-state index contributed by atoms with van der Waals surface area (Å²) in [6.07, 6.45) is 2.19. The smallest absolute Gasteiger partial charge is 0.129 e. The van der Waals surface area contributed by atoms with Crippen molar-refractivity contribution in [2.75, 3.05) is 19.7 Å². The van der Waals surface area contributed by atoms with Gasteiger partial charge in [0, 0.05) is 41.9 Å². The molecule has 0 amide bonds. The maximum atomic E-state index is 14.2. The number of likely N-dealkylation sites (tertiary alicyclic amines) is 1. The molecule has 0 spiro atoms. The predicted octanol–water partition coefficient (Wildman–Crippen LogP) is 4.18. The molecule has 1 aliphatic heterocycles. The molecule has 1 saturated heterocycles. The number of piperidine rings is 1. The van der Waals surface area contributed by atoms with Crippen molar-refractivity contribution in [1.82, 2.24) is 14.7 Å². The van der Waals surface area contributed by atoms with Crippen LogP contribution < -0.4 is 0 Å². The molecule has 1 fully saturated rings. The molecule has 2 heterocycles. The van der Waals surface area contributed by atoms with Crippen molar-refractivity contribution in [1.29, 1.82) is 0 Å². The third-order valence-corrected chi connectivity index (χ3v) is 6.00. The number of hydrogen-bond acceptors (Lipinski definition) is 3. The van der Waals surface area contributed by atoms with Crippen LogP contribution in [0.1, 0.15) is 55.2 Å². The Kier molecular flexibility index (Phi) is 6.20. The van der Waals surface area contributed by atoms with Crippen LogP contribution in [0.5, 0.6) is 0 Å². The Morgan fingerprint density at radius 1 is 1.25 bits per heavy atom. The minimum absolute atomic E-state index is 0.0104. The Morgan fingerprint density at radius 3 is 2.61 bits per heavy atom. The van der Waals surface area contributed by atoms with Crippen molar-refractivity contribution >= 4 is 0 Å². The van der Waals surface area contributed by atoms with E-state index < -0.39 is 17.0 Å². The molecular formula is C22H31F2N3O. The first-order chi connectivity index (χ1) is 13.2. The molecule has 1 aliphatic rings. The van der Waals surface area contributed by atoms with Crippen LogP contribution in [-0.4, -0.2) is 39.5 Å². The van der Waals surface area contributed by atoms with Crippen LogP contribution in [0.25, 0.3) is 0 Å². The minimum atomic E-state index is -0.572. The van der Waals surface area contributed by atoms with E-state index in [9.17, 15) is 13.9 Å². The first-order valence-corrected chi connectivity index (χ1v) is 10.1. The highest BCUT2D eigenvalue weighted by atomic mass is 19.1. The van der Waals surface area contributed by atoms with E-state index in [0.717, 1.165) is 37.7 Å².